The number of hydrogen-bond donors (Lipinski definition) is 1. The highest BCUT2D eigenvalue weighted by Gasteiger charge is 2.38. The van der Waals surface area contributed by atoms with Crippen molar-refractivity contribution in [3.63, 3.8) is 0 Å². The fourth-order valence-corrected chi connectivity index (χ4v) is 4.41. The van der Waals surface area contributed by atoms with Crippen LogP contribution in [0.15, 0.2) is 53.7 Å². The van der Waals surface area contributed by atoms with E-state index in [2.05, 4.69) is 5.32 Å². The number of amides is 1. The Labute approximate surface area is 174 Å². The maximum Gasteiger partial charge on any atom is 0.225 e. The average Bonchev–Trinajstić information content (AvgIpc) is 2.72. The summed E-state index contributed by atoms with van der Waals surface area (Å²) in [4.78, 5) is 25.5. The zero-order chi connectivity index (χ0) is 20.5. The predicted molar refractivity (Wildman–Crippen MR) is 111 cm³/mol. The van der Waals surface area contributed by atoms with Crippen LogP contribution in [-0.4, -0.2) is 25.9 Å². The van der Waals surface area contributed by atoms with Crippen molar-refractivity contribution in [3.8, 4) is 11.5 Å². The number of Topliss-reactive ketones (excluding diaryl/α,β-unsaturated/α-hetero) is 1. The molecule has 0 bridgehead atoms. The lowest BCUT2D eigenvalue weighted by Gasteiger charge is -2.34. The topological polar surface area (TPSA) is 64.6 Å². The Bertz CT molecular complexity index is 996. The highest BCUT2D eigenvalue weighted by atomic mass is 35.5. The SMILES string of the molecule is COc1ccc([C@H]2CC(=O)C3=C(C2)NC(=O)C[C@H]3c2ccc(Cl)cc2)cc1OC. The first kappa shape index (κ1) is 19.5. The lowest BCUT2D eigenvalue weighted by molar-refractivity contribution is -0.122. The van der Waals surface area contributed by atoms with E-state index in [1.54, 1.807) is 26.4 Å². The van der Waals surface area contributed by atoms with Gasteiger partial charge in [-0.15, -0.1) is 0 Å². The van der Waals surface area contributed by atoms with E-state index in [1.165, 1.54) is 0 Å². The first-order valence-corrected chi connectivity index (χ1v) is 9.91. The van der Waals surface area contributed by atoms with Crippen molar-refractivity contribution in [3.05, 3.63) is 69.9 Å². The van der Waals surface area contributed by atoms with Crippen molar-refractivity contribution in [2.75, 3.05) is 14.2 Å². The number of hydrogen-bond acceptors (Lipinski definition) is 4. The van der Waals surface area contributed by atoms with Gasteiger partial charge in [0.1, 0.15) is 0 Å². The first-order chi connectivity index (χ1) is 14.0. The third kappa shape index (κ3) is 3.75. The number of halogens is 1. The molecule has 29 heavy (non-hydrogen) atoms. The predicted octanol–water partition coefficient (Wildman–Crippen LogP) is 4.36. The molecule has 6 heteroatoms. The van der Waals surface area contributed by atoms with Crippen molar-refractivity contribution < 1.29 is 19.1 Å². The number of nitrogens with one attached hydrogen (secondary N) is 1. The van der Waals surface area contributed by atoms with Gasteiger partial charge in [-0.2, -0.15) is 0 Å². The summed E-state index contributed by atoms with van der Waals surface area (Å²) in [7, 11) is 3.18. The van der Waals surface area contributed by atoms with Gasteiger partial charge >= 0.3 is 0 Å². The summed E-state index contributed by atoms with van der Waals surface area (Å²) in [6, 6.07) is 13.1. The van der Waals surface area contributed by atoms with Crippen LogP contribution < -0.4 is 14.8 Å². The number of carbonyl (C=O) groups is 2. The molecule has 0 aromatic heterocycles. The Kier molecular flexibility index (Phi) is 5.33. The molecule has 2 aromatic carbocycles. The Morgan fingerprint density at radius 2 is 1.59 bits per heavy atom. The van der Waals surface area contributed by atoms with Gasteiger partial charge in [0, 0.05) is 35.1 Å². The molecule has 0 saturated heterocycles. The molecule has 0 radical (unpaired) electrons. The molecule has 150 valence electrons. The van der Waals surface area contributed by atoms with E-state index in [0.29, 0.717) is 29.4 Å². The number of rotatable bonds is 4. The van der Waals surface area contributed by atoms with Crippen LogP contribution in [0.1, 0.15) is 42.2 Å². The molecular weight excluding hydrogens is 390 g/mol. The van der Waals surface area contributed by atoms with Crippen LogP contribution in [0.4, 0.5) is 0 Å². The van der Waals surface area contributed by atoms with E-state index >= 15 is 0 Å². The van der Waals surface area contributed by atoms with Gasteiger partial charge in [-0.1, -0.05) is 29.8 Å². The Morgan fingerprint density at radius 3 is 2.28 bits per heavy atom. The third-order valence-electron chi connectivity index (χ3n) is 5.69. The van der Waals surface area contributed by atoms with Gasteiger partial charge < -0.3 is 14.8 Å². The molecule has 4 rings (SSSR count). The minimum atomic E-state index is -0.227. The molecule has 0 spiro atoms. The summed E-state index contributed by atoms with van der Waals surface area (Å²) in [5.74, 6) is 1.03. The van der Waals surface area contributed by atoms with E-state index < -0.39 is 0 Å². The second-order valence-corrected chi connectivity index (χ2v) is 7.83. The van der Waals surface area contributed by atoms with E-state index in [0.717, 1.165) is 22.4 Å². The van der Waals surface area contributed by atoms with Gasteiger partial charge in [-0.05, 0) is 47.7 Å². The average molecular weight is 412 g/mol. The number of methoxy groups -OCH3 is 2. The van der Waals surface area contributed by atoms with Crippen LogP contribution in [0, 0.1) is 0 Å². The van der Waals surface area contributed by atoms with Crippen molar-refractivity contribution in [2.24, 2.45) is 0 Å². The van der Waals surface area contributed by atoms with Crippen molar-refractivity contribution in [1.29, 1.82) is 0 Å². The second kappa shape index (κ2) is 7.91. The number of carbonyl (C=O) groups excluding carboxylic acids is 2. The number of allylic oxidation sites excluding steroid dienone is 2. The van der Waals surface area contributed by atoms with Gasteiger partial charge in [0.05, 0.1) is 14.2 Å². The van der Waals surface area contributed by atoms with Crippen LogP contribution in [0.5, 0.6) is 11.5 Å². The van der Waals surface area contributed by atoms with Crippen molar-refractivity contribution >= 4 is 23.3 Å². The Balaban J connectivity index is 1.68. The van der Waals surface area contributed by atoms with Crippen LogP contribution >= 0.6 is 11.6 Å². The van der Waals surface area contributed by atoms with Gasteiger partial charge in [-0.3, -0.25) is 9.59 Å². The molecule has 0 fully saturated rings. The van der Waals surface area contributed by atoms with E-state index in [-0.39, 0.29) is 29.9 Å². The Morgan fingerprint density at radius 1 is 0.897 bits per heavy atom. The van der Waals surface area contributed by atoms with Gasteiger partial charge in [0.25, 0.3) is 0 Å². The number of benzene rings is 2. The lowest BCUT2D eigenvalue weighted by Crippen LogP contribution is -2.38. The fraction of sp³-hybridized carbons (Fsp3) is 0.304. The van der Waals surface area contributed by atoms with Crippen LogP contribution in [0.2, 0.25) is 5.02 Å². The van der Waals surface area contributed by atoms with Gasteiger partial charge in [0.15, 0.2) is 17.3 Å². The molecule has 1 N–H and O–H groups in total. The van der Waals surface area contributed by atoms with Crippen molar-refractivity contribution in [1.82, 2.24) is 5.32 Å². The second-order valence-electron chi connectivity index (χ2n) is 7.39. The molecule has 0 unspecified atom stereocenters. The summed E-state index contributed by atoms with van der Waals surface area (Å²) in [5.41, 5.74) is 3.39. The van der Waals surface area contributed by atoms with Crippen LogP contribution in [0.25, 0.3) is 0 Å². The molecular formula is C23H22ClNO4. The maximum atomic E-state index is 13.2. The highest BCUT2D eigenvalue weighted by Crippen LogP contribution is 2.43. The summed E-state index contributed by atoms with van der Waals surface area (Å²) < 4.78 is 10.7. The summed E-state index contributed by atoms with van der Waals surface area (Å²) >= 11 is 6.00. The molecule has 2 atom stereocenters. The molecule has 2 aliphatic rings. The van der Waals surface area contributed by atoms with Gasteiger partial charge in [0.2, 0.25) is 5.91 Å². The molecule has 2 aromatic rings. The van der Waals surface area contributed by atoms with Gasteiger partial charge in [-0.25, -0.2) is 0 Å². The fourth-order valence-electron chi connectivity index (χ4n) is 4.28. The first-order valence-electron chi connectivity index (χ1n) is 9.53. The largest absolute Gasteiger partial charge is 0.493 e. The van der Waals surface area contributed by atoms with E-state index in [9.17, 15) is 9.59 Å². The summed E-state index contributed by atoms with van der Waals surface area (Å²) in [6.45, 7) is 0. The monoisotopic (exact) mass is 411 g/mol. The normalized spacial score (nSPS) is 21.5. The standard InChI is InChI=1S/C23H22ClNO4/c1-28-20-8-5-14(11-21(20)29-2)15-9-18-23(19(26)10-15)17(12-22(27)25-18)13-3-6-16(24)7-4-13/h3-8,11,15,17H,9-10,12H2,1-2H3,(H,25,27)/t15-,17+/m1/s1. The smallest absolute Gasteiger partial charge is 0.225 e. The van der Waals surface area contributed by atoms with E-state index in [1.807, 2.05) is 30.3 Å². The molecule has 1 aliphatic carbocycles. The zero-order valence-electron chi connectivity index (χ0n) is 16.3. The zero-order valence-corrected chi connectivity index (χ0v) is 17.1. The molecule has 1 aliphatic heterocycles. The minimum absolute atomic E-state index is 0.0228. The van der Waals surface area contributed by atoms with Crippen molar-refractivity contribution in [2.45, 2.75) is 31.1 Å². The summed E-state index contributed by atoms with van der Waals surface area (Å²) in [5, 5.41) is 3.58. The number of ketones is 1. The quantitative estimate of drug-likeness (QED) is 0.811. The molecule has 0 saturated carbocycles. The molecule has 5 nitrogen and oxygen atoms in total. The van der Waals surface area contributed by atoms with E-state index in [4.69, 9.17) is 21.1 Å². The molecule has 1 heterocycles. The lowest BCUT2D eigenvalue weighted by atomic mass is 9.73. The number of ether oxygens (including phenoxy) is 2. The third-order valence-corrected chi connectivity index (χ3v) is 5.94. The molecule has 1 amide bonds. The maximum absolute atomic E-state index is 13.2. The minimum Gasteiger partial charge on any atom is -0.493 e. The Hall–Kier alpha value is -2.79. The summed E-state index contributed by atoms with van der Waals surface area (Å²) in [6.07, 6.45) is 1.27. The van der Waals surface area contributed by atoms with Crippen LogP contribution in [0.3, 0.4) is 0 Å². The van der Waals surface area contributed by atoms with Crippen LogP contribution in [-0.2, 0) is 9.59 Å². The highest BCUT2D eigenvalue weighted by molar-refractivity contribution is 6.30.